The molecule has 22 heavy (non-hydrogen) atoms. The fraction of sp³-hybridized carbons (Fsp3) is 0.778. The Morgan fingerprint density at radius 2 is 1.86 bits per heavy atom. The highest BCUT2D eigenvalue weighted by atomic mass is 15.2. The van der Waals surface area contributed by atoms with Crippen LogP contribution in [0.4, 0.5) is 0 Å². The van der Waals surface area contributed by atoms with E-state index in [9.17, 15) is 0 Å². The molecule has 2 aliphatic rings. The summed E-state index contributed by atoms with van der Waals surface area (Å²) in [4.78, 5) is 14.4. The van der Waals surface area contributed by atoms with E-state index >= 15 is 0 Å². The van der Waals surface area contributed by atoms with Crippen molar-refractivity contribution in [2.75, 3.05) is 20.6 Å². The molecule has 0 unspecified atom stereocenters. The zero-order valence-electron chi connectivity index (χ0n) is 14.2. The molecule has 2 heterocycles. The largest absolute Gasteiger partial charge is 0.304 e. The van der Waals surface area contributed by atoms with Gasteiger partial charge in [0.2, 0.25) is 0 Å². The first-order valence-corrected chi connectivity index (χ1v) is 8.96. The third-order valence-electron chi connectivity index (χ3n) is 5.10. The summed E-state index contributed by atoms with van der Waals surface area (Å²) in [7, 11) is 4.18. The van der Waals surface area contributed by atoms with Crippen LogP contribution in [0.25, 0.3) is 0 Å². The molecule has 122 valence electrons. The van der Waals surface area contributed by atoms with Gasteiger partial charge in [0.05, 0.1) is 11.7 Å². The van der Waals surface area contributed by atoms with Gasteiger partial charge in [-0.1, -0.05) is 25.7 Å². The standard InChI is InChI=1S/C18H30N4/c1-21(2)14-15-11-12-19-18(20-15)17-10-7-13-22(17)16-8-5-3-4-6-9-16/h11-12,16-17H,3-10,13-14H2,1-2H3/t17-/m0/s1. The third-order valence-corrected chi connectivity index (χ3v) is 5.10. The predicted molar refractivity (Wildman–Crippen MR) is 89.6 cm³/mol. The van der Waals surface area contributed by atoms with Crippen LogP contribution in [0.15, 0.2) is 12.3 Å². The van der Waals surface area contributed by atoms with Crippen molar-refractivity contribution in [1.82, 2.24) is 19.8 Å². The molecule has 4 nitrogen and oxygen atoms in total. The Labute approximate surface area is 134 Å². The van der Waals surface area contributed by atoms with Gasteiger partial charge in [-0.2, -0.15) is 0 Å². The van der Waals surface area contributed by atoms with E-state index in [1.165, 1.54) is 57.9 Å². The molecule has 1 aliphatic heterocycles. The summed E-state index contributed by atoms with van der Waals surface area (Å²) in [5.41, 5.74) is 1.14. The van der Waals surface area contributed by atoms with Crippen molar-refractivity contribution in [2.24, 2.45) is 0 Å². The zero-order chi connectivity index (χ0) is 15.4. The van der Waals surface area contributed by atoms with Gasteiger partial charge < -0.3 is 4.90 Å². The number of nitrogens with zero attached hydrogens (tertiary/aromatic N) is 4. The second kappa shape index (κ2) is 7.51. The Hall–Kier alpha value is -1.00. The van der Waals surface area contributed by atoms with Gasteiger partial charge in [0.25, 0.3) is 0 Å². The van der Waals surface area contributed by atoms with E-state index in [0.29, 0.717) is 6.04 Å². The van der Waals surface area contributed by atoms with E-state index in [0.717, 1.165) is 24.1 Å². The number of rotatable bonds is 4. The summed E-state index contributed by atoms with van der Waals surface area (Å²) in [5.74, 6) is 1.06. The first kappa shape index (κ1) is 15.9. The second-order valence-corrected chi connectivity index (χ2v) is 7.19. The van der Waals surface area contributed by atoms with Crippen LogP contribution in [-0.2, 0) is 6.54 Å². The quantitative estimate of drug-likeness (QED) is 0.798. The Kier molecular flexibility index (Phi) is 5.42. The van der Waals surface area contributed by atoms with Crippen molar-refractivity contribution in [2.45, 2.75) is 70.0 Å². The summed E-state index contributed by atoms with van der Waals surface area (Å²) in [6.45, 7) is 2.13. The molecular weight excluding hydrogens is 272 g/mol. The van der Waals surface area contributed by atoms with Crippen molar-refractivity contribution in [3.8, 4) is 0 Å². The summed E-state index contributed by atoms with van der Waals surface area (Å²) < 4.78 is 0. The van der Waals surface area contributed by atoms with Gasteiger partial charge in [-0.05, 0) is 52.4 Å². The van der Waals surface area contributed by atoms with Crippen molar-refractivity contribution < 1.29 is 0 Å². The van der Waals surface area contributed by atoms with Gasteiger partial charge in [0, 0.05) is 18.8 Å². The van der Waals surface area contributed by atoms with E-state index < -0.39 is 0 Å². The maximum Gasteiger partial charge on any atom is 0.145 e. The molecule has 0 spiro atoms. The molecule has 0 amide bonds. The van der Waals surface area contributed by atoms with Gasteiger partial charge in [-0.3, -0.25) is 4.90 Å². The molecule has 0 bridgehead atoms. The van der Waals surface area contributed by atoms with Crippen LogP contribution in [0.3, 0.4) is 0 Å². The zero-order valence-corrected chi connectivity index (χ0v) is 14.2. The van der Waals surface area contributed by atoms with Crippen LogP contribution in [-0.4, -0.2) is 46.4 Å². The molecule has 3 rings (SSSR count). The second-order valence-electron chi connectivity index (χ2n) is 7.19. The molecule has 0 aromatic carbocycles. The van der Waals surface area contributed by atoms with E-state index in [1.807, 2.05) is 6.20 Å². The highest BCUT2D eigenvalue weighted by Gasteiger charge is 2.33. The lowest BCUT2D eigenvalue weighted by Gasteiger charge is -2.32. The lowest BCUT2D eigenvalue weighted by Crippen LogP contribution is -2.35. The van der Waals surface area contributed by atoms with Crippen LogP contribution in [0.2, 0.25) is 0 Å². The number of likely N-dealkylation sites (tertiary alicyclic amines) is 1. The van der Waals surface area contributed by atoms with Gasteiger partial charge in [0.1, 0.15) is 5.82 Å². The van der Waals surface area contributed by atoms with Crippen LogP contribution in [0, 0.1) is 0 Å². The summed E-state index contributed by atoms with van der Waals surface area (Å²) in [5, 5.41) is 0. The predicted octanol–water partition coefficient (Wildman–Crippen LogP) is 3.40. The van der Waals surface area contributed by atoms with Gasteiger partial charge in [0.15, 0.2) is 0 Å². The molecule has 1 aromatic rings. The Morgan fingerprint density at radius 3 is 2.59 bits per heavy atom. The monoisotopic (exact) mass is 302 g/mol. The normalized spacial score (nSPS) is 24.8. The molecule has 1 saturated heterocycles. The lowest BCUT2D eigenvalue weighted by atomic mass is 10.1. The van der Waals surface area contributed by atoms with Gasteiger partial charge in [-0.25, -0.2) is 9.97 Å². The smallest absolute Gasteiger partial charge is 0.145 e. The minimum atomic E-state index is 0.449. The topological polar surface area (TPSA) is 32.3 Å². The molecule has 1 aliphatic carbocycles. The molecule has 1 aromatic heterocycles. The first-order chi connectivity index (χ1) is 10.7. The van der Waals surface area contributed by atoms with Crippen molar-refractivity contribution in [3.63, 3.8) is 0 Å². The SMILES string of the molecule is CN(C)Cc1ccnc([C@@H]2CCCN2C2CCCCCC2)n1. The minimum absolute atomic E-state index is 0.449. The molecule has 1 saturated carbocycles. The maximum absolute atomic E-state index is 4.87. The number of hydrogen-bond donors (Lipinski definition) is 0. The van der Waals surface area contributed by atoms with Crippen LogP contribution >= 0.6 is 0 Å². The molecule has 4 heteroatoms. The first-order valence-electron chi connectivity index (χ1n) is 8.96. The van der Waals surface area contributed by atoms with Crippen LogP contribution < -0.4 is 0 Å². The highest BCUT2D eigenvalue weighted by molar-refractivity contribution is 5.07. The molecule has 0 N–H and O–H groups in total. The molecule has 0 radical (unpaired) electrons. The van der Waals surface area contributed by atoms with E-state index in [4.69, 9.17) is 4.98 Å². The van der Waals surface area contributed by atoms with E-state index in [-0.39, 0.29) is 0 Å². The number of hydrogen-bond acceptors (Lipinski definition) is 4. The molecular formula is C18H30N4. The van der Waals surface area contributed by atoms with Gasteiger partial charge in [-0.15, -0.1) is 0 Å². The van der Waals surface area contributed by atoms with Crippen molar-refractivity contribution in [1.29, 1.82) is 0 Å². The average Bonchev–Trinajstić information content (AvgIpc) is 2.82. The number of aromatic nitrogens is 2. The Morgan fingerprint density at radius 1 is 1.09 bits per heavy atom. The summed E-state index contributed by atoms with van der Waals surface area (Å²) >= 11 is 0. The highest BCUT2D eigenvalue weighted by Crippen LogP contribution is 2.35. The lowest BCUT2D eigenvalue weighted by molar-refractivity contribution is 0.158. The summed E-state index contributed by atoms with van der Waals surface area (Å²) in [6, 6.07) is 3.26. The van der Waals surface area contributed by atoms with Crippen molar-refractivity contribution in [3.05, 3.63) is 23.8 Å². The van der Waals surface area contributed by atoms with E-state index in [2.05, 4.69) is 34.9 Å². The van der Waals surface area contributed by atoms with Gasteiger partial charge >= 0.3 is 0 Å². The molecule has 1 atom stereocenters. The van der Waals surface area contributed by atoms with E-state index in [1.54, 1.807) is 0 Å². The fourth-order valence-electron chi connectivity index (χ4n) is 4.08. The summed E-state index contributed by atoms with van der Waals surface area (Å²) in [6.07, 6.45) is 12.8. The molecule has 2 fully saturated rings. The maximum atomic E-state index is 4.87. The van der Waals surface area contributed by atoms with Crippen LogP contribution in [0.1, 0.15) is 68.9 Å². The van der Waals surface area contributed by atoms with Crippen molar-refractivity contribution >= 4 is 0 Å². The fourth-order valence-corrected chi connectivity index (χ4v) is 4.08. The van der Waals surface area contributed by atoms with Crippen LogP contribution in [0.5, 0.6) is 0 Å². The Balaban J connectivity index is 1.74. The Bertz CT molecular complexity index is 466. The minimum Gasteiger partial charge on any atom is -0.304 e. The average molecular weight is 302 g/mol. The third kappa shape index (κ3) is 3.85.